The van der Waals surface area contributed by atoms with Crippen molar-refractivity contribution in [3.63, 3.8) is 0 Å². The van der Waals surface area contributed by atoms with Crippen molar-refractivity contribution in [2.24, 2.45) is 0 Å². The molecule has 2 unspecified atom stereocenters. The van der Waals surface area contributed by atoms with E-state index < -0.39 is 6.10 Å². The lowest BCUT2D eigenvalue weighted by Crippen LogP contribution is -2.39. The van der Waals surface area contributed by atoms with E-state index in [0.29, 0.717) is 19.1 Å². The van der Waals surface area contributed by atoms with Gasteiger partial charge in [0.2, 0.25) is 0 Å². The third kappa shape index (κ3) is 3.57. The number of hydrogen-bond acceptors (Lipinski definition) is 4. The Morgan fingerprint density at radius 3 is 2.87 bits per heavy atom. The number of fused-ring (bicyclic) bond motifs is 1. The first-order valence-corrected chi connectivity index (χ1v) is 8.41. The van der Waals surface area contributed by atoms with Gasteiger partial charge in [0, 0.05) is 19.7 Å². The molecular formula is C18H27N3O2. The predicted octanol–water partition coefficient (Wildman–Crippen LogP) is 2.12. The van der Waals surface area contributed by atoms with Gasteiger partial charge in [-0.15, -0.1) is 0 Å². The molecule has 1 saturated heterocycles. The van der Waals surface area contributed by atoms with Crippen molar-refractivity contribution in [3.8, 4) is 0 Å². The van der Waals surface area contributed by atoms with Crippen molar-refractivity contribution in [2.45, 2.75) is 45.4 Å². The number of aryl methyl sites for hydroxylation is 2. The molecule has 2 aromatic rings. The van der Waals surface area contributed by atoms with E-state index in [2.05, 4.69) is 40.4 Å². The zero-order chi connectivity index (χ0) is 16.4. The average molecular weight is 317 g/mol. The van der Waals surface area contributed by atoms with Crippen LogP contribution in [0.3, 0.4) is 0 Å². The SMILES string of the molecule is COCC1CCCN1CC(O)Cn1cnc2cc(C)c(C)cc21. The summed E-state index contributed by atoms with van der Waals surface area (Å²) >= 11 is 0. The highest BCUT2D eigenvalue weighted by molar-refractivity contribution is 5.77. The summed E-state index contributed by atoms with van der Waals surface area (Å²) in [6, 6.07) is 4.72. The number of hydrogen-bond donors (Lipinski definition) is 1. The summed E-state index contributed by atoms with van der Waals surface area (Å²) in [5.41, 5.74) is 4.61. The second-order valence-electron chi connectivity index (χ2n) is 6.72. The van der Waals surface area contributed by atoms with E-state index >= 15 is 0 Å². The predicted molar refractivity (Wildman–Crippen MR) is 91.7 cm³/mol. The van der Waals surface area contributed by atoms with Crippen molar-refractivity contribution >= 4 is 11.0 Å². The van der Waals surface area contributed by atoms with Gasteiger partial charge in [0.1, 0.15) is 0 Å². The van der Waals surface area contributed by atoms with Gasteiger partial charge in [0.25, 0.3) is 0 Å². The summed E-state index contributed by atoms with van der Waals surface area (Å²) in [6.07, 6.45) is 3.79. The Morgan fingerprint density at radius 2 is 2.09 bits per heavy atom. The number of imidazole rings is 1. The highest BCUT2D eigenvalue weighted by Gasteiger charge is 2.26. The number of aliphatic hydroxyl groups is 1. The van der Waals surface area contributed by atoms with E-state index in [1.54, 1.807) is 7.11 Å². The lowest BCUT2D eigenvalue weighted by Gasteiger charge is -2.26. The molecule has 3 rings (SSSR count). The zero-order valence-corrected chi connectivity index (χ0v) is 14.3. The first-order valence-electron chi connectivity index (χ1n) is 8.41. The van der Waals surface area contributed by atoms with Crippen molar-refractivity contribution in [2.75, 3.05) is 26.8 Å². The number of ether oxygens (including phenoxy) is 1. The van der Waals surface area contributed by atoms with Crippen molar-refractivity contribution < 1.29 is 9.84 Å². The maximum Gasteiger partial charge on any atom is 0.0959 e. The molecular weight excluding hydrogens is 290 g/mol. The average Bonchev–Trinajstić information content (AvgIpc) is 3.09. The normalized spacial score (nSPS) is 20.4. The number of β-amino-alcohol motifs (C(OH)–C–C–N with tert-alkyl or cyclic N) is 1. The summed E-state index contributed by atoms with van der Waals surface area (Å²) in [7, 11) is 1.74. The fraction of sp³-hybridized carbons (Fsp3) is 0.611. The molecule has 1 aromatic heterocycles. The van der Waals surface area contributed by atoms with Gasteiger partial charge >= 0.3 is 0 Å². The Hall–Kier alpha value is -1.43. The molecule has 5 heteroatoms. The summed E-state index contributed by atoms with van der Waals surface area (Å²) in [5, 5.41) is 10.5. The van der Waals surface area contributed by atoms with Crippen LogP contribution >= 0.6 is 0 Å². The quantitative estimate of drug-likeness (QED) is 0.887. The van der Waals surface area contributed by atoms with Gasteiger partial charge in [-0.2, -0.15) is 0 Å². The zero-order valence-electron chi connectivity index (χ0n) is 14.3. The number of rotatable bonds is 6. The monoisotopic (exact) mass is 317 g/mol. The van der Waals surface area contributed by atoms with Crippen molar-refractivity contribution in [3.05, 3.63) is 29.6 Å². The highest BCUT2D eigenvalue weighted by Crippen LogP contribution is 2.20. The minimum atomic E-state index is -0.397. The minimum absolute atomic E-state index is 0.397. The van der Waals surface area contributed by atoms with E-state index in [-0.39, 0.29) is 0 Å². The number of likely N-dealkylation sites (tertiary alicyclic amines) is 1. The fourth-order valence-corrected chi connectivity index (χ4v) is 3.53. The molecule has 2 atom stereocenters. The molecule has 0 saturated carbocycles. The van der Waals surface area contributed by atoms with Crippen LogP contribution < -0.4 is 0 Å². The van der Waals surface area contributed by atoms with Gasteiger partial charge in [0.15, 0.2) is 0 Å². The summed E-state index contributed by atoms with van der Waals surface area (Å²) in [5.74, 6) is 0. The molecule has 0 radical (unpaired) electrons. The van der Waals surface area contributed by atoms with E-state index in [1.165, 1.54) is 17.5 Å². The number of nitrogens with zero attached hydrogens (tertiary/aromatic N) is 3. The minimum Gasteiger partial charge on any atom is -0.390 e. The van der Waals surface area contributed by atoms with Gasteiger partial charge in [-0.1, -0.05) is 0 Å². The molecule has 0 spiro atoms. The van der Waals surface area contributed by atoms with Gasteiger partial charge in [0.05, 0.1) is 36.6 Å². The van der Waals surface area contributed by atoms with Gasteiger partial charge in [-0.3, -0.25) is 4.90 Å². The standard InChI is InChI=1S/C18H27N3O2/c1-13-7-17-18(8-14(13)2)21(12-19-17)10-16(22)9-20-6-4-5-15(20)11-23-3/h7-8,12,15-16,22H,4-6,9-11H2,1-3H3. The van der Waals surface area contributed by atoms with Gasteiger partial charge in [-0.25, -0.2) is 4.98 Å². The third-order valence-electron chi connectivity index (χ3n) is 4.95. The second-order valence-corrected chi connectivity index (χ2v) is 6.72. The van der Waals surface area contributed by atoms with Crippen LogP contribution in [-0.4, -0.2) is 58.5 Å². The Morgan fingerprint density at radius 1 is 1.30 bits per heavy atom. The summed E-state index contributed by atoms with van der Waals surface area (Å²) in [4.78, 5) is 6.82. The first-order chi connectivity index (χ1) is 11.1. The van der Waals surface area contributed by atoms with E-state index in [0.717, 1.165) is 30.6 Å². The fourth-order valence-electron chi connectivity index (χ4n) is 3.53. The maximum absolute atomic E-state index is 10.5. The van der Waals surface area contributed by atoms with E-state index in [1.807, 2.05) is 6.33 Å². The topological polar surface area (TPSA) is 50.5 Å². The lowest BCUT2D eigenvalue weighted by atomic mass is 10.1. The number of aliphatic hydroxyl groups excluding tert-OH is 1. The van der Waals surface area contributed by atoms with Crippen LogP contribution in [0.25, 0.3) is 11.0 Å². The molecule has 1 aromatic carbocycles. The summed E-state index contributed by atoms with van der Waals surface area (Å²) < 4.78 is 7.35. The van der Waals surface area contributed by atoms with Gasteiger partial charge in [-0.05, 0) is 56.5 Å². The van der Waals surface area contributed by atoms with Crippen molar-refractivity contribution in [1.82, 2.24) is 14.5 Å². The Balaban J connectivity index is 1.68. The maximum atomic E-state index is 10.5. The molecule has 23 heavy (non-hydrogen) atoms. The Bertz CT molecular complexity index is 668. The van der Waals surface area contributed by atoms with Crippen LogP contribution in [0.2, 0.25) is 0 Å². The first kappa shape index (κ1) is 16.4. The van der Waals surface area contributed by atoms with Crippen molar-refractivity contribution in [1.29, 1.82) is 0 Å². The molecule has 0 bridgehead atoms. The van der Waals surface area contributed by atoms with E-state index in [4.69, 9.17) is 4.74 Å². The lowest BCUT2D eigenvalue weighted by molar-refractivity contribution is 0.0635. The van der Waals surface area contributed by atoms with Crippen LogP contribution in [0.1, 0.15) is 24.0 Å². The van der Waals surface area contributed by atoms with Crippen LogP contribution in [0.4, 0.5) is 0 Å². The number of methoxy groups -OCH3 is 1. The van der Waals surface area contributed by atoms with Crippen LogP contribution in [-0.2, 0) is 11.3 Å². The van der Waals surface area contributed by atoms with Crippen LogP contribution in [0, 0.1) is 13.8 Å². The molecule has 1 aliphatic heterocycles. The third-order valence-corrected chi connectivity index (χ3v) is 4.95. The molecule has 1 aliphatic rings. The molecule has 0 amide bonds. The number of benzene rings is 1. The second kappa shape index (κ2) is 6.99. The molecule has 126 valence electrons. The Labute approximate surface area is 137 Å². The molecule has 1 fully saturated rings. The number of aromatic nitrogens is 2. The molecule has 5 nitrogen and oxygen atoms in total. The molecule has 2 heterocycles. The smallest absolute Gasteiger partial charge is 0.0959 e. The van der Waals surface area contributed by atoms with Crippen LogP contribution in [0.5, 0.6) is 0 Å². The van der Waals surface area contributed by atoms with E-state index in [9.17, 15) is 5.11 Å². The summed E-state index contributed by atoms with van der Waals surface area (Å²) in [6.45, 7) is 7.29. The largest absolute Gasteiger partial charge is 0.390 e. The molecule has 0 aliphatic carbocycles. The Kier molecular flexibility index (Phi) is 4.99. The molecule has 1 N–H and O–H groups in total. The van der Waals surface area contributed by atoms with Gasteiger partial charge < -0.3 is 14.4 Å². The van der Waals surface area contributed by atoms with Crippen LogP contribution in [0.15, 0.2) is 18.5 Å². The highest BCUT2D eigenvalue weighted by atomic mass is 16.5.